The van der Waals surface area contributed by atoms with Crippen molar-refractivity contribution in [2.45, 2.75) is 30.7 Å². The lowest BCUT2D eigenvalue weighted by Gasteiger charge is -2.37. The van der Waals surface area contributed by atoms with Crippen LogP contribution in [0.1, 0.15) is 0 Å². The fourth-order valence-corrected chi connectivity index (χ4v) is 1.20. The number of carbonyl (C=O) groups excluding carboxylic acids is 1. The summed E-state index contributed by atoms with van der Waals surface area (Å²) in [7, 11) is 0. The van der Waals surface area contributed by atoms with Gasteiger partial charge in [0.25, 0.3) is 6.47 Å². The SMILES string of the molecule is O=COC[C@H]1OC(O)[C@H](O)[C@@H](O)[C@@H]1O. The Morgan fingerprint density at radius 2 is 1.79 bits per heavy atom. The second-order valence-corrected chi connectivity index (χ2v) is 2.97. The van der Waals surface area contributed by atoms with Crippen LogP contribution in [0.5, 0.6) is 0 Å². The molecule has 7 heteroatoms. The van der Waals surface area contributed by atoms with E-state index in [1.54, 1.807) is 0 Å². The van der Waals surface area contributed by atoms with Crippen molar-refractivity contribution in [3.63, 3.8) is 0 Å². The Hall–Kier alpha value is -0.730. The molecule has 1 saturated heterocycles. The molecule has 1 aliphatic heterocycles. The van der Waals surface area contributed by atoms with Gasteiger partial charge in [-0.3, -0.25) is 4.79 Å². The number of hydrogen-bond acceptors (Lipinski definition) is 7. The molecule has 0 aliphatic carbocycles. The average molecular weight is 208 g/mol. The van der Waals surface area contributed by atoms with E-state index < -0.39 is 30.7 Å². The largest absolute Gasteiger partial charge is 0.465 e. The zero-order chi connectivity index (χ0) is 10.7. The molecule has 0 aromatic heterocycles. The van der Waals surface area contributed by atoms with Crippen molar-refractivity contribution in [1.82, 2.24) is 0 Å². The van der Waals surface area contributed by atoms with Gasteiger partial charge in [-0.25, -0.2) is 0 Å². The number of aliphatic hydroxyl groups is 4. The Kier molecular flexibility index (Phi) is 3.78. The molecule has 0 saturated carbocycles. The van der Waals surface area contributed by atoms with Gasteiger partial charge in [0, 0.05) is 0 Å². The predicted octanol–water partition coefficient (Wildman–Crippen LogP) is -3.04. The Bertz CT molecular complexity index is 196. The third-order valence-corrected chi connectivity index (χ3v) is 2.02. The summed E-state index contributed by atoms with van der Waals surface area (Å²) in [5, 5.41) is 36.6. The second-order valence-electron chi connectivity index (χ2n) is 2.97. The van der Waals surface area contributed by atoms with Crippen LogP contribution < -0.4 is 0 Å². The van der Waals surface area contributed by atoms with E-state index in [9.17, 15) is 15.0 Å². The minimum atomic E-state index is -1.60. The molecule has 14 heavy (non-hydrogen) atoms. The van der Waals surface area contributed by atoms with Crippen LogP contribution in [0.4, 0.5) is 0 Å². The van der Waals surface area contributed by atoms with E-state index in [4.69, 9.17) is 14.9 Å². The fraction of sp³-hybridized carbons (Fsp3) is 0.857. The molecule has 1 aliphatic rings. The Balaban J connectivity index is 2.55. The first-order valence-electron chi connectivity index (χ1n) is 4.01. The Morgan fingerprint density at radius 1 is 1.14 bits per heavy atom. The topological polar surface area (TPSA) is 116 Å². The zero-order valence-electron chi connectivity index (χ0n) is 7.18. The summed E-state index contributed by atoms with van der Waals surface area (Å²) in [6.07, 6.45) is -7.16. The van der Waals surface area contributed by atoms with Gasteiger partial charge in [0.05, 0.1) is 0 Å². The van der Waals surface area contributed by atoms with Crippen LogP contribution >= 0.6 is 0 Å². The first-order valence-corrected chi connectivity index (χ1v) is 4.01. The van der Waals surface area contributed by atoms with E-state index in [2.05, 4.69) is 4.74 Å². The predicted molar refractivity (Wildman–Crippen MR) is 40.9 cm³/mol. The number of ether oxygens (including phenoxy) is 2. The minimum absolute atomic E-state index is 0.153. The van der Waals surface area contributed by atoms with Gasteiger partial charge in [-0.15, -0.1) is 0 Å². The minimum Gasteiger partial charge on any atom is -0.465 e. The number of rotatable bonds is 3. The van der Waals surface area contributed by atoms with Gasteiger partial charge in [-0.2, -0.15) is 0 Å². The summed E-state index contributed by atoms with van der Waals surface area (Å²) >= 11 is 0. The summed E-state index contributed by atoms with van der Waals surface area (Å²) in [4.78, 5) is 9.85. The van der Waals surface area contributed by atoms with Gasteiger partial charge in [0.1, 0.15) is 31.0 Å². The first-order chi connectivity index (χ1) is 6.57. The molecular weight excluding hydrogens is 196 g/mol. The van der Waals surface area contributed by atoms with E-state index in [1.807, 2.05) is 0 Å². The maximum atomic E-state index is 9.85. The van der Waals surface area contributed by atoms with Crippen molar-refractivity contribution in [3.8, 4) is 0 Å². The molecule has 0 aromatic rings. The smallest absolute Gasteiger partial charge is 0.293 e. The van der Waals surface area contributed by atoms with Gasteiger partial charge in [-0.05, 0) is 0 Å². The molecule has 1 unspecified atom stereocenters. The first kappa shape index (κ1) is 11.3. The quantitative estimate of drug-likeness (QED) is 0.364. The monoisotopic (exact) mass is 208 g/mol. The van der Waals surface area contributed by atoms with Crippen molar-refractivity contribution in [2.75, 3.05) is 6.61 Å². The van der Waals surface area contributed by atoms with Crippen LogP contribution in [-0.4, -0.2) is 64.2 Å². The fourth-order valence-electron chi connectivity index (χ4n) is 1.20. The number of carbonyl (C=O) groups is 1. The molecule has 0 radical (unpaired) electrons. The van der Waals surface area contributed by atoms with Crippen molar-refractivity contribution >= 4 is 6.47 Å². The summed E-state index contributed by atoms with van der Waals surface area (Å²) in [6, 6.07) is 0. The van der Waals surface area contributed by atoms with Crippen LogP contribution in [-0.2, 0) is 14.3 Å². The summed E-state index contributed by atoms with van der Waals surface area (Å²) < 4.78 is 9.00. The van der Waals surface area contributed by atoms with E-state index in [-0.39, 0.29) is 13.1 Å². The van der Waals surface area contributed by atoms with Crippen molar-refractivity contribution in [2.24, 2.45) is 0 Å². The molecule has 0 spiro atoms. The van der Waals surface area contributed by atoms with E-state index >= 15 is 0 Å². The summed E-state index contributed by atoms with van der Waals surface area (Å²) in [5.74, 6) is 0. The van der Waals surface area contributed by atoms with E-state index in [1.165, 1.54) is 0 Å². The molecule has 5 atom stereocenters. The van der Waals surface area contributed by atoms with Crippen molar-refractivity contribution < 1.29 is 34.7 Å². The van der Waals surface area contributed by atoms with Gasteiger partial charge in [-0.1, -0.05) is 0 Å². The molecule has 0 bridgehead atoms. The second kappa shape index (κ2) is 4.67. The lowest BCUT2D eigenvalue weighted by atomic mass is 9.99. The van der Waals surface area contributed by atoms with Gasteiger partial charge < -0.3 is 29.9 Å². The standard InChI is InChI=1S/C7H12O7/c8-2-13-1-3-4(9)5(10)6(11)7(12)14-3/h2-7,9-12H,1H2/t3-,4-,5+,6-,7?/m1/s1. The molecule has 82 valence electrons. The highest BCUT2D eigenvalue weighted by Gasteiger charge is 2.43. The van der Waals surface area contributed by atoms with Gasteiger partial charge >= 0.3 is 0 Å². The third-order valence-electron chi connectivity index (χ3n) is 2.02. The molecule has 0 aromatic carbocycles. The van der Waals surface area contributed by atoms with Gasteiger partial charge in [0.15, 0.2) is 6.29 Å². The molecule has 1 fully saturated rings. The molecule has 1 rings (SSSR count). The molecule has 7 nitrogen and oxygen atoms in total. The van der Waals surface area contributed by atoms with Crippen LogP contribution in [0.3, 0.4) is 0 Å². The average Bonchev–Trinajstić information content (AvgIpc) is 2.18. The van der Waals surface area contributed by atoms with Crippen molar-refractivity contribution in [3.05, 3.63) is 0 Å². The maximum absolute atomic E-state index is 9.85. The van der Waals surface area contributed by atoms with E-state index in [0.717, 1.165) is 0 Å². The number of aliphatic hydroxyl groups excluding tert-OH is 4. The highest BCUT2D eigenvalue weighted by molar-refractivity contribution is 5.36. The molecule has 0 amide bonds. The third kappa shape index (κ3) is 2.20. The van der Waals surface area contributed by atoms with E-state index in [0.29, 0.717) is 0 Å². The Morgan fingerprint density at radius 3 is 2.36 bits per heavy atom. The van der Waals surface area contributed by atoms with Crippen molar-refractivity contribution in [1.29, 1.82) is 0 Å². The Labute approximate surface area is 79.5 Å². The van der Waals surface area contributed by atoms with Crippen LogP contribution in [0.15, 0.2) is 0 Å². The lowest BCUT2D eigenvalue weighted by molar-refractivity contribution is -0.286. The number of hydrogen-bond donors (Lipinski definition) is 4. The normalized spacial score (nSPS) is 43.3. The summed E-state index contributed by atoms with van der Waals surface area (Å²) in [5.41, 5.74) is 0. The van der Waals surface area contributed by atoms with Crippen LogP contribution in [0.2, 0.25) is 0 Å². The highest BCUT2D eigenvalue weighted by Crippen LogP contribution is 2.19. The highest BCUT2D eigenvalue weighted by atomic mass is 16.6. The van der Waals surface area contributed by atoms with Crippen LogP contribution in [0.25, 0.3) is 0 Å². The van der Waals surface area contributed by atoms with Crippen LogP contribution in [0, 0.1) is 0 Å². The lowest BCUT2D eigenvalue weighted by Crippen LogP contribution is -2.58. The van der Waals surface area contributed by atoms with Gasteiger partial charge in [0.2, 0.25) is 0 Å². The molecular formula is C7H12O7. The molecule has 4 N–H and O–H groups in total. The summed E-state index contributed by atoms with van der Waals surface area (Å²) in [6.45, 7) is -0.147. The maximum Gasteiger partial charge on any atom is 0.293 e. The molecule has 1 heterocycles. The zero-order valence-corrected chi connectivity index (χ0v) is 7.18.